The topological polar surface area (TPSA) is 30.8 Å². The largest absolute Gasteiger partial charge is 0.449 e. The van der Waals surface area contributed by atoms with E-state index in [1.807, 2.05) is 23.5 Å². The minimum atomic E-state index is -0.530. The third-order valence-electron chi connectivity index (χ3n) is 11.1. The number of hydrogen-bond donors (Lipinski definition) is 0. The average molecular weight is 724 g/mol. The van der Waals surface area contributed by atoms with Gasteiger partial charge >= 0.3 is 0 Å². The number of ether oxygens (including phenoxy) is 2. The summed E-state index contributed by atoms with van der Waals surface area (Å²) in [6.07, 6.45) is 0. The van der Waals surface area contributed by atoms with Crippen LogP contribution >= 0.6 is 11.3 Å². The van der Waals surface area contributed by atoms with Gasteiger partial charge in [0.25, 0.3) is 0 Å². The number of rotatable bonds is 6. The highest BCUT2D eigenvalue weighted by Gasteiger charge is 2.48. The summed E-state index contributed by atoms with van der Waals surface area (Å²) in [7, 11) is 0. The maximum Gasteiger partial charge on any atom is 0.178 e. The molecule has 260 valence electrons. The Morgan fingerprint density at radius 2 is 1.13 bits per heavy atom. The third-order valence-corrected chi connectivity index (χ3v) is 12.2. The number of fused-ring (bicyclic) bond motifs is 9. The zero-order valence-corrected chi connectivity index (χ0v) is 30.6. The molecule has 2 aliphatic rings. The van der Waals surface area contributed by atoms with Crippen LogP contribution < -0.4 is 9.47 Å². The molecule has 8 aromatic carbocycles. The van der Waals surface area contributed by atoms with E-state index in [2.05, 4.69) is 176 Å². The maximum atomic E-state index is 7.06. The van der Waals surface area contributed by atoms with Crippen molar-refractivity contribution in [2.45, 2.75) is 12.0 Å². The molecule has 0 atom stereocenters. The molecule has 0 fully saturated rings. The van der Waals surface area contributed by atoms with Crippen molar-refractivity contribution in [2.75, 3.05) is 0 Å². The fraction of sp³-hybridized carbons (Fsp3) is 0.0392. The molecular formula is C51H33NO2S. The number of aliphatic imine (C=N–C) groups is 1. The molecular weight excluding hydrogens is 691 g/mol. The van der Waals surface area contributed by atoms with Crippen LogP contribution in [0.25, 0.3) is 31.3 Å². The fourth-order valence-electron chi connectivity index (χ4n) is 8.69. The first-order valence-electron chi connectivity index (χ1n) is 18.6. The van der Waals surface area contributed by atoms with Crippen molar-refractivity contribution in [1.29, 1.82) is 0 Å². The van der Waals surface area contributed by atoms with Gasteiger partial charge in [-0.1, -0.05) is 152 Å². The van der Waals surface area contributed by atoms with Crippen LogP contribution in [-0.4, -0.2) is 5.71 Å². The van der Waals surface area contributed by atoms with Gasteiger partial charge in [-0.05, 0) is 69.8 Å². The molecule has 2 heterocycles. The van der Waals surface area contributed by atoms with Gasteiger partial charge in [0.05, 0.1) is 17.7 Å². The molecule has 4 heteroatoms. The first-order valence-corrected chi connectivity index (χ1v) is 19.5. The summed E-state index contributed by atoms with van der Waals surface area (Å²) in [5.74, 6) is 2.79. The molecule has 0 N–H and O–H groups in total. The Balaban J connectivity index is 1.06. The summed E-state index contributed by atoms with van der Waals surface area (Å²) in [4.78, 5) is 5.29. The van der Waals surface area contributed by atoms with Crippen LogP contribution in [0.1, 0.15) is 38.9 Å². The van der Waals surface area contributed by atoms with E-state index in [0.717, 1.165) is 39.3 Å². The number of thiophene rings is 1. The number of nitrogens with zero attached hydrogens (tertiary/aromatic N) is 1. The molecule has 9 aromatic rings. The molecule has 11 rings (SSSR count). The summed E-state index contributed by atoms with van der Waals surface area (Å²) in [6, 6.07) is 66.7. The SMILES string of the molecule is c1ccc(CN=C(c2ccc3c(c2)Oc2c(ccc4c2-c2ccccc2C4(c2ccccc2)c2ccccc2)O3)c2ccc3c(c2)sc2ccccc23)cc1. The van der Waals surface area contributed by atoms with Crippen LogP contribution in [0.15, 0.2) is 193 Å². The second-order valence-electron chi connectivity index (χ2n) is 14.2. The van der Waals surface area contributed by atoms with E-state index in [1.54, 1.807) is 0 Å². The first kappa shape index (κ1) is 31.7. The van der Waals surface area contributed by atoms with Crippen LogP contribution in [0.4, 0.5) is 0 Å². The molecule has 0 unspecified atom stereocenters. The molecule has 0 saturated heterocycles. The van der Waals surface area contributed by atoms with Crippen molar-refractivity contribution in [2.24, 2.45) is 4.99 Å². The summed E-state index contributed by atoms with van der Waals surface area (Å²) in [5.41, 5.74) is 10.6. The van der Waals surface area contributed by atoms with Crippen molar-refractivity contribution < 1.29 is 9.47 Å². The zero-order valence-electron chi connectivity index (χ0n) is 29.8. The Hall–Kier alpha value is -6.75. The standard InChI is InChI=1S/C51H33NO2S/c1-4-14-33(15-5-1)32-52-49(35-24-26-39-38-20-11-13-23-46(38)55-47(39)31-35)34-25-28-43-45(30-34)54-50-44(53-43)29-27-42-48(50)40-21-10-12-22-41(40)51(42,36-16-6-2-7-17-36)37-18-8-3-9-19-37/h1-31H,32H2. The van der Waals surface area contributed by atoms with Crippen molar-refractivity contribution in [3.8, 4) is 34.1 Å². The lowest BCUT2D eigenvalue weighted by atomic mass is 9.68. The average Bonchev–Trinajstić information content (AvgIpc) is 3.78. The van der Waals surface area contributed by atoms with Crippen molar-refractivity contribution >= 4 is 37.2 Å². The van der Waals surface area contributed by atoms with Gasteiger partial charge in [-0.2, -0.15) is 0 Å². The van der Waals surface area contributed by atoms with Crippen LogP contribution in [0.3, 0.4) is 0 Å². The van der Waals surface area contributed by atoms with E-state index in [4.69, 9.17) is 14.5 Å². The van der Waals surface area contributed by atoms with Crippen molar-refractivity contribution in [1.82, 2.24) is 0 Å². The Morgan fingerprint density at radius 3 is 1.93 bits per heavy atom. The summed E-state index contributed by atoms with van der Waals surface area (Å²) in [6.45, 7) is 0.559. The highest BCUT2D eigenvalue weighted by atomic mass is 32.1. The normalized spacial score (nSPS) is 13.7. The molecule has 55 heavy (non-hydrogen) atoms. The molecule has 0 spiro atoms. The molecule has 1 aromatic heterocycles. The van der Waals surface area contributed by atoms with Crippen molar-refractivity contribution in [3.63, 3.8) is 0 Å². The van der Waals surface area contributed by atoms with Crippen LogP contribution in [-0.2, 0) is 12.0 Å². The van der Waals surface area contributed by atoms with Gasteiger partial charge in [0.2, 0.25) is 0 Å². The van der Waals surface area contributed by atoms with Crippen molar-refractivity contribution in [3.05, 3.63) is 227 Å². The summed E-state index contributed by atoms with van der Waals surface area (Å²) >= 11 is 1.82. The first-order chi connectivity index (χ1) is 27.3. The van der Waals surface area contributed by atoms with Gasteiger partial charge in [-0.25, -0.2) is 0 Å². The van der Waals surface area contributed by atoms with Gasteiger partial charge in [0.15, 0.2) is 23.0 Å². The van der Waals surface area contributed by atoms with E-state index in [1.165, 1.54) is 42.4 Å². The predicted molar refractivity (Wildman–Crippen MR) is 225 cm³/mol. The summed E-state index contributed by atoms with van der Waals surface area (Å²) in [5, 5.41) is 2.55. The lowest BCUT2D eigenvalue weighted by molar-refractivity contribution is 0.360. The quantitative estimate of drug-likeness (QED) is 0.160. The van der Waals surface area contributed by atoms with Gasteiger partial charge < -0.3 is 9.47 Å². The molecule has 0 radical (unpaired) electrons. The molecule has 0 amide bonds. The summed E-state index contributed by atoms with van der Waals surface area (Å²) < 4.78 is 16.3. The maximum absolute atomic E-state index is 7.06. The van der Waals surface area contributed by atoms with Gasteiger partial charge in [-0.15, -0.1) is 11.3 Å². The van der Waals surface area contributed by atoms with Crippen LogP contribution in [0.2, 0.25) is 0 Å². The molecule has 1 aliphatic heterocycles. The smallest absolute Gasteiger partial charge is 0.178 e. The zero-order chi connectivity index (χ0) is 36.3. The highest BCUT2D eigenvalue weighted by molar-refractivity contribution is 7.25. The molecule has 3 nitrogen and oxygen atoms in total. The van der Waals surface area contributed by atoms with Gasteiger partial charge in [0, 0.05) is 36.9 Å². The van der Waals surface area contributed by atoms with Crippen LogP contribution in [0, 0.1) is 0 Å². The Kier molecular flexibility index (Phi) is 7.32. The van der Waals surface area contributed by atoms with Gasteiger partial charge in [0.1, 0.15) is 0 Å². The monoisotopic (exact) mass is 723 g/mol. The minimum Gasteiger partial charge on any atom is -0.449 e. The Bertz CT molecular complexity index is 2910. The van der Waals surface area contributed by atoms with E-state index in [-0.39, 0.29) is 0 Å². The van der Waals surface area contributed by atoms with E-state index in [0.29, 0.717) is 23.8 Å². The second kappa shape index (κ2) is 12.7. The van der Waals surface area contributed by atoms with E-state index < -0.39 is 5.41 Å². The van der Waals surface area contributed by atoms with E-state index in [9.17, 15) is 0 Å². The second-order valence-corrected chi connectivity index (χ2v) is 15.3. The number of hydrogen-bond acceptors (Lipinski definition) is 4. The Labute approximate surface area is 323 Å². The minimum absolute atomic E-state index is 0.530. The predicted octanol–water partition coefficient (Wildman–Crippen LogP) is 13.4. The van der Waals surface area contributed by atoms with Crippen LogP contribution in [0.5, 0.6) is 23.0 Å². The van der Waals surface area contributed by atoms with E-state index >= 15 is 0 Å². The third kappa shape index (κ3) is 4.99. The highest BCUT2D eigenvalue weighted by Crippen LogP contribution is 2.62. The lowest BCUT2D eigenvalue weighted by Gasteiger charge is -2.34. The number of benzene rings is 8. The Morgan fingerprint density at radius 1 is 0.491 bits per heavy atom. The fourth-order valence-corrected chi connectivity index (χ4v) is 9.83. The molecule has 0 bridgehead atoms. The molecule has 0 saturated carbocycles. The van der Waals surface area contributed by atoms with Gasteiger partial charge in [-0.3, -0.25) is 4.99 Å². The lowest BCUT2D eigenvalue weighted by Crippen LogP contribution is -2.28. The molecule has 1 aliphatic carbocycles.